The molecule has 0 fully saturated rings. The lowest BCUT2D eigenvalue weighted by atomic mass is 9.67. The van der Waals surface area contributed by atoms with Crippen LogP contribution in [0.3, 0.4) is 0 Å². The van der Waals surface area contributed by atoms with Gasteiger partial charge in [-0.25, -0.2) is 9.18 Å². The van der Waals surface area contributed by atoms with Crippen LogP contribution in [0.15, 0.2) is 40.7 Å². The first kappa shape index (κ1) is 19.6. The second-order valence-electron chi connectivity index (χ2n) is 7.56. The van der Waals surface area contributed by atoms with Crippen LogP contribution >= 0.6 is 11.6 Å². The minimum absolute atomic E-state index is 0.102. The van der Waals surface area contributed by atoms with E-state index in [0.717, 1.165) is 5.70 Å². The van der Waals surface area contributed by atoms with Crippen LogP contribution in [0.5, 0.6) is 0 Å². The lowest BCUT2D eigenvalue weighted by Crippen LogP contribution is -2.41. The van der Waals surface area contributed by atoms with E-state index in [9.17, 15) is 14.0 Å². The van der Waals surface area contributed by atoms with Gasteiger partial charge in [-0.1, -0.05) is 31.5 Å². The zero-order valence-electron chi connectivity index (χ0n) is 15.9. The number of nitrogens with one attached hydrogen (secondary N) is 1. The molecule has 0 spiro atoms. The lowest BCUT2D eigenvalue weighted by molar-refractivity contribution is -0.138. The van der Waals surface area contributed by atoms with Gasteiger partial charge < -0.3 is 10.1 Å². The van der Waals surface area contributed by atoms with Crippen molar-refractivity contribution in [1.82, 2.24) is 5.32 Å². The standard InChI is InChI=1S/C21H23ClFNO3/c1-5-27-20(26)15-11(2)24-14-9-10-21(3,4)19(25)17(14)18(15)16-12(22)7-6-8-13(16)23/h6-8,18,24H,5,9-10H2,1-4H3. The molecule has 1 aliphatic carbocycles. The van der Waals surface area contributed by atoms with Crippen molar-refractivity contribution in [3.05, 3.63) is 57.1 Å². The van der Waals surface area contributed by atoms with E-state index >= 15 is 0 Å². The van der Waals surface area contributed by atoms with E-state index in [-0.39, 0.29) is 28.5 Å². The maximum absolute atomic E-state index is 14.8. The highest BCUT2D eigenvalue weighted by Gasteiger charge is 2.46. The first-order valence-electron chi connectivity index (χ1n) is 9.05. The number of dihydropyridines is 1. The molecule has 0 amide bonds. The quantitative estimate of drug-likeness (QED) is 0.762. The molecule has 0 bridgehead atoms. The molecule has 3 rings (SSSR count). The Bertz CT molecular complexity index is 865. The maximum atomic E-state index is 14.8. The zero-order chi connectivity index (χ0) is 19.9. The van der Waals surface area contributed by atoms with Crippen LogP contribution in [-0.4, -0.2) is 18.4 Å². The second-order valence-corrected chi connectivity index (χ2v) is 7.96. The molecule has 27 heavy (non-hydrogen) atoms. The molecule has 2 aliphatic rings. The normalized spacial score (nSPS) is 21.7. The molecule has 0 aromatic heterocycles. The molecule has 144 valence electrons. The molecular weight excluding hydrogens is 369 g/mol. The molecule has 1 unspecified atom stereocenters. The topological polar surface area (TPSA) is 55.4 Å². The van der Waals surface area contributed by atoms with Gasteiger partial charge in [0.15, 0.2) is 5.78 Å². The number of carbonyl (C=O) groups is 2. The number of carbonyl (C=O) groups excluding carboxylic acids is 2. The highest BCUT2D eigenvalue weighted by atomic mass is 35.5. The molecule has 1 atom stereocenters. The van der Waals surface area contributed by atoms with Crippen molar-refractivity contribution in [3.8, 4) is 0 Å². The zero-order valence-corrected chi connectivity index (χ0v) is 16.7. The molecule has 1 aromatic rings. The minimum Gasteiger partial charge on any atom is -0.463 e. The number of ether oxygens (including phenoxy) is 1. The number of hydrogen-bond acceptors (Lipinski definition) is 4. The van der Waals surface area contributed by atoms with E-state index in [2.05, 4.69) is 5.32 Å². The van der Waals surface area contributed by atoms with Crippen LogP contribution < -0.4 is 5.32 Å². The van der Waals surface area contributed by atoms with Gasteiger partial charge in [0.1, 0.15) is 5.82 Å². The Morgan fingerprint density at radius 3 is 2.74 bits per heavy atom. The van der Waals surface area contributed by atoms with Crippen molar-refractivity contribution in [2.24, 2.45) is 5.41 Å². The molecule has 6 heteroatoms. The SMILES string of the molecule is CCOC(=O)C1=C(C)NC2=C(C(=O)C(C)(C)CC2)C1c1c(F)cccc1Cl. The molecule has 1 aromatic carbocycles. The van der Waals surface area contributed by atoms with Gasteiger partial charge in [-0.2, -0.15) is 0 Å². The van der Waals surface area contributed by atoms with E-state index in [0.29, 0.717) is 24.1 Å². The number of Topliss-reactive ketones (excluding diaryl/α,β-unsaturated/α-hetero) is 1. The number of hydrogen-bond donors (Lipinski definition) is 1. The number of halogens is 2. The summed E-state index contributed by atoms with van der Waals surface area (Å²) in [6, 6.07) is 4.36. The Morgan fingerprint density at radius 1 is 1.41 bits per heavy atom. The first-order valence-corrected chi connectivity index (χ1v) is 9.43. The van der Waals surface area contributed by atoms with Crippen molar-refractivity contribution in [3.63, 3.8) is 0 Å². The summed E-state index contributed by atoms with van der Waals surface area (Å²) in [5, 5.41) is 3.37. The Balaban J connectivity index is 2.28. The highest BCUT2D eigenvalue weighted by molar-refractivity contribution is 6.31. The molecule has 1 N–H and O–H groups in total. The summed E-state index contributed by atoms with van der Waals surface area (Å²) >= 11 is 6.34. The van der Waals surface area contributed by atoms with Crippen LogP contribution in [0.4, 0.5) is 4.39 Å². The van der Waals surface area contributed by atoms with Gasteiger partial charge in [-0.05, 0) is 38.8 Å². The first-order chi connectivity index (χ1) is 12.7. The van der Waals surface area contributed by atoms with Gasteiger partial charge in [-0.3, -0.25) is 4.79 Å². The second kappa shape index (κ2) is 7.12. The smallest absolute Gasteiger partial charge is 0.336 e. The van der Waals surface area contributed by atoms with Gasteiger partial charge in [0.25, 0.3) is 0 Å². The van der Waals surface area contributed by atoms with Gasteiger partial charge in [0, 0.05) is 33.0 Å². The van der Waals surface area contributed by atoms with Gasteiger partial charge in [-0.15, -0.1) is 0 Å². The largest absolute Gasteiger partial charge is 0.463 e. The van der Waals surface area contributed by atoms with E-state index < -0.39 is 23.1 Å². The van der Waals surface area contributed by atoms with Crippen LogP contribution in [0.2, 0.25) is 5.02 Å². The van der Waals surface area contributed by atoms with Gasteiger partial charge in [0.2, 0.25) is 0 Å². The summed E-state index contributed by atoms with van der Waals surface area (Å²) in [7, 11) is 0. The number of esters is 1. The monoisotopic (exact) mass is 391 g/mol. The molecule has 4 nitrogen and oxygen atoms in total. The van der Waals surface area contributed by atoms with Crippen LogP contribution in [0, 0.1) is 11.2 Å². The molecule has 1 aliphatic heterocycles. The summed E-state index contributed by atoms with van der Waals surface area (Å²) in [5.41, 5.74) is 1.47. The fourth-order valence-corrected chi connectivity index (χ4v) is 4.10. The van der Waals surface area contributed by atoms with Crippen molar-refractivity contribution in [1.29, 1.82) is 0 Å². The van der Waals surface area contributed by atoms with Gasteiger partial charge >= 0.3 is 5.97 Å². The van der Waals surface area contributed by atoms with Crippen LogP contribution in [0.1, 0.15) is 52.0 Å². The van der Waals surface area contributed by atoms with Crippen molar-refractivity contribution >= 4 is 23.4 Å². The van der Waals surface area contributed by atoms with Crippen LogP contribution in [0.25, 0.3) is 0 Å². The number of ketones is 1. The summed E-state index contributed by atoms with van der Waals surface area (Å²) in [6.07, 6.45) is 1.32. The number of rotatable bonds is 3. The molecular formula is C21H23ClFNO3. The molecule has 0 saturated carbocycles. The Labute approximate surface area is 163 Å². The number of allylic oxidation sites excluding steroid dienone is 3. The third kappa shape index (κ3) is 3.29. The predicted octanol–water partition coefficient (Wildman–Crippen LogP) is 4.65. The maximum Gasteiger partial charge on any atom is 0.336 e. The fraction of sp³-hybridized carbons (Fsp3) is 0.429. The fourth-order valence-electron chi connectivity index (χ4n) is 3.83. The predicted molar refractivity (Wildman–Crippen MR) is 102 cm³/mol. The highest BCUT2D eigenvalue weighted by Crippen LogP contribution is 2.48. The van der Waals surface area contributed by atoms with E-state index in [1.807, 2.05) is 13.8 Å². The van der Waals surface area contributed by atoms with Crippen molar-refractivity contribution in [2.75, 3.05) is 6.61 Å². The Hall–Kier alpha value is -2.14. The third-order valence-corrected chi connectivity index (χ3v) is 5.62. The molecule has 0 radical (unpaired) electrons. The average molecular weight is 392 g/mol. The molecule has 1 heterocycles. The van der Waals surface area contributed by atoms with E-state index in [1.54, 1.807) is 19.9 Å². The van der Waals surface area contributed by atoms with Crippen molar-refractivity contribution in [2.45, 2.75) is 46.5 Å². The van der Waals surface area contributed by atoms with E-state index in [4.69, 9.17) is 16.3 Å². The van der Waals surface area contributed by atoms with E-state index in [1.165, 1.54) is 12.1 Å². The number of benzene rings is 1. The van der Waals surface area contributed by atoms with Gasteiger partial charge in [0.05, 0.1) is 18.1 Å². The molecule has 0 saturated heterocycles. The van der Waals surface area contributed by atoms with Crippen molar-refractivity contribution < 1.29 is 18.7 Å². The summed E-state index contributed by atoms with van der Waals surface area (Å²) < 4.78 is 20.1. The van der Waals surface area contributed by atoms with Crippen LogP contribution in [-0.2, 0) is 14.3 Å². The Kier molecular flexibility index (Phi) is 5.17. The minimum atomic E-state index is -0.888. The summed E-state index contributed by atoms with van der Waals surface area (Å²) in [6.45, 7) is 7.36. The average Bonchev–Trinajstić information content (AvgIpc) is 2.58. The lowest BCUT2D eigenvalue weighted by Gasteiger charge is -2.39. The summed E-state index contributed by atoms with van der Waals surface area (Å²) in [4.78, 5) is 26.0. The summed E-state index contributed by atoms with van der Waals surface area (Å²) in [5.74, 6) is -2.11. The third-order valence-electron chi connectivity index (χ3n) is 5.29. The Morgan fingerprint density at radius 2 is 2.11 bits per heavy atom.